The van der Waals surface area contributed by atoms with Crippen LogP contribution in [0.3, 0.4) is 0 Å². The van der Waals surface area contributed by atoms with Gasteiger partial charge >= 0.3 is 0 Å². The topological polar surface area (TPSA) is 48.4 Å². The molecule has 4 nitrogen and oxygen atoms in total. The summed E-state index contributed by atoms with van der Waals surface area (Å²) >= 11 is 7.91. The number of anilines is 2. The first-order valence-electron chi connectivity index (χ1n) is 10.3. The van der Waals surface area contributed by atoms with Gasteiger partial charge in [0.2, 0.25) is 0 Å². The number of halogens is 1. The lowest BCUT2D eigenvalue weighted by Gasteiger charge is -2.23. The maximum absolute atomic E-state index is 11.0. The highest BCUT2D eigenvalue weighted by atomic mass is 35.5. The summed E-state index contributed by atoms with van der Waals surface area (Å²) in [5, 5.41) is 18.0. The molecule has 5 rings (SSSR count). The third-order valence-electron chi connectivity index (χ3n) is 5.62. The molecule has 1 unspecified atom stereocenters. The first-order valence-corrected chi connectivity index (χ1v) is 11.5. The van der Waals surface area contributed by atoms with E-state index in [0.29, 0.717) is 5.02 Å². The predicted molar refractivity (Wildman–Crippen MR) is 136 cm³/mol. The van der Waals surface area contributed by atoms with Crippen molar-refractivity contribution in [1.29, 1.82) is 0 Å². The van der Waals surface area contributed by atoms with Crippen LogP contribution in [0.1, 0.15) is 17.2 Å². The summed E-state index contributed by atoms with van der Waals surface area (Å²) in [5.41, 5.74) is 3.76. The molecule has 0 bridgehead atoms. The molecule has 1 heterocycles. The van der Waals surface area contributed by atoms with E-state index in [1.54, 1.807) is 17.4 Å². The summed E-state index contributed by atoms with van der Waals surface area (Å²) in [6, 6.07) is 25.7. The molecule has 0 aliphatic heterocycles. The van der Waals surface area contributed by atoms with Crippen molar-refractivity contribution in [2.24, 2.45) is 0 Å². The largest absolute Gasteiger partial charge is 0.508 e. The van der Waals surface area contributed by atoms with Crippen LogP contribution >= 0.6 is 22.9 Å². The Morgan fingerprint density at radius 2 is 1.72 bits per heavy atom. The van der Waals surface area contributed by atoms with Crippen LogP contribution in [0.25, 0.3) is 21.0 Å². The van der Waals surface area contributed by atoms with E-state index in [4.69, 9.17) is 16.6 Å². The minimum atomic E-state index is -0.295. The number of fused-ring (bicyclic) bond motifs is 2. The fourth-order valence-electron chi connectivity index (χ4n) is 3.97. The first kappa shape index (κ1) is 20.6. The van der Waals surface area contributed by atoms with Gasteiger partial charge in [-0.1, -0.05) is 71.5 Å². The van der Waals surface area contributed by atoms with E-state index in [1.165, 1.54) is 0 Å². The molecule has 2 N–H and O–H groups in total. The van der Waals surface area contributed by atoms with Crippen molar-refractivity contribution < 1.29 is 5.11 Å². The average Bonchev–Trinajstić information content (AvgIpc) is 3.22. The van der Waals surface area contributed by atoms with Gasteiger partial charge in [0.25, 0.3) is 0 Å². The van der Waals surface area contributed by atoms with Gasteiger partial charge < -0.3 is 15.3 Å². The molecule has 160 valence electrons. The van der Waals surface area contributed by atoms with Crippen LogP contribution in [0.2, 0.25) is 5.02 Å². The standard InChI is InChI=1S/C26H22ClN3OS/c1-30(2)18-13-10-17(11-14-18)24(23-19-7-4-3-6-16(19)12-15-21(23)31)28-26-29-25-20(27)8-5-9-22(25)32-26/h3-15,24,31H,1-2H3,(H,28,29). The number of aromatic nitrogens is 1. The van der Waals surface area contributed by atoms with Gasteiger partial charge in [0, 0.05) is 25.3 Å². The van der Waals surface area contributed by atoms with Gasteiger partial charge in [-0.25, -0.2) is 4.98 Å². The van der Waals surface area contributed by atoms with Crippen LogP contribution in [0.5, 0.6) is 5.75 Å². The van der Waals surface area contributed by atoms with E-state index < -0.39 is 0 Å². The Labute approximate surface area is 195 Å². The van der Waals surface area contributed by atoms with Crippen LogP contribution < -0.4 is 10.2 Å². The molecule has 6 heteroatoms. The van der Waals surface area contributed by atoms with Crippen LogP contribution in [0.4, 0.5) is 10.8 Å². The number of para-hydroxylation sites is 1. The van der Waals surface area contributed by atoms with E-state index in [1.807, 2.05) is 56.6 Å². The summed E-state index contributed by atoms with van der Waals surface area (Å²) in [5.74, 6) is 0.247. The Morgan fingerprint density at radius 3 is 2.47 bits per heavy atom. The molecule has 32 heavy (non-hydrogen) atoms. The zero-order chi connectivity index (χ0) is 22.2. The van der Waals surface area contributed by atoms with Crippen molar-refractivity contribution in [2.45, 2.75) is 6.04 Å². The Bertz CT molecular complexity index is 1410. The molecule has 0 spiro atoms. The molecule has 0 amide bonds. The maximum atomic E-state index is 11.0. The zero-order valence-electron chi connectivity index (χ0n) is 17.7. The number of aromatic hydroxyl groups is 1. The lowest BCUT2D eigenvalue weighted by molar-refractivity contribution is 0.468. The third kappa shape index (κ3) is 3.74. The Balaban J connectivity index is 1.67. The average molecular weight is 460 g/mol. The molecule has 1 atom stereocenters. The van der Waals surface area contributed by atoms with Crippen molar-refractivity contribution in [1.82, 2.24) is 4.98 Å². The SMILES string of the molecule is CN(C)c1ccc(C(Nc2nc3c(Cl)cccc3s2)c2c(O)ccc3ccccc23)cc1. The fourth-order valence-corrected chi connectivity index (χ4v) is 5.17. The second-order valence-electron chi connectivity index (χ2n) is 7.89. The number of benzene rings is 4. The van der Waals surface area contributed by atoms with Crippen LogP contribution in [0.15, 0.2) is 78.9 Å². The van der Waals surface area contributed by atoms with Crippen LogP contribution in [-0.2, 0) is 0 Å². The Kier molecular flexibility index (Phi) is 5.37. The van der Waals surface area contributed by atoms with Gasteiger partial charge in [-0.3, -0.25) is 0 Å². The van der Waals surface area contributed by atoms with Crippen molar-refractivity contribution in [2.75, 3.05) is 24.3 Å². The molecule has 0 saturated carbocycles. The highest BCUT2D eigenvalue weighted by molar-refractivity contribution is 7.22. The summed E-state index contributed by atoms with van der Waals surface area (Å²) < 4.78 is 1.02. The molecule has 0 aliphatic carbocycles. The molecule has 0 radical (unpaired) electrons. The quantitative estimate of drug-likeness (QED) is 0.295. The molecule has 1 aromatic heterocycles. The highest BCUT2D eigenvalue weighted by Gasteiger charge is 2.22. The summed E-state index contributed by atoms with van der Waals surface area (Å²) in [7, 11) is 4.04. The van der Waals surface area contributed by atoms with Gasteiger partial charge in [0.15, 0.2) is 5.13 Å². The number of phenols is 1. The first-order chi connectivity index (χ1) is 15.5. The van der Waals surface area contributed by atoms with Crippen LogP contribution in [0, 0.1) is 0 Å². The monoisotopic (exact) mass is 459 g/mol. The van der Waals surface area contributed by atoms with E-state index in [9.17, 15) is 5.11 Å². The lowest BCUT2D eigenvalue weighted by atomic mass is 9.92. The lowest BCUT2D eigenvalue weighted by Crippen LogP contribution is -2.14. The summed E-state index contributed by atoms with van der Waals surface area (Å²) in [4.78, 5) is 6.81. The van der Waals surface area contributed by atoms with Crippen molar-refractivity contribution in [3.05, 3.63) is 95.0 Å². The molecule has 5 aromatic rings. The number of phenolic OH excluding ortho intramolecular Hbond substituents is 1. The molecule has 4 aromatic carbocycles. The highest BCUT2D eigenvalue weighted by Crippen LogP contribution is 2.40. The van der Waals surface area contributed by atoms with Crippen molar-refractivity contribution >= 4 is 54.7 Å². The minimum absolute atomic E-state index is 0.247. The zero-order valence-corrected chi connectivity index (χ0v) is 19.3. The minimum Gasteiger partial charge on any atom is -0.508 e. The number of hydrogen-bond donors (Lipinski definition) is 2. The number of thiazole rings is 1. The molecule has 0 aliphatic rings. The number of nitrogens with one attached hydrogen (secondary N) is 1. The smallest absolute Gasteiger partial charge is 0.184 e. The van der Waals surface area contributed by atoms with E-state index in [2.05, 4.69) is 40.5 Å². The van der Waals surface area contributed by atoms with Crippen molar-refractivity contribution in [3.8, 4) is 5.75 Å². The van der Waals surface area contributed by atoms with Crippen LogP contribution in [-0.4, -0.2) is 24.2 Å². The Hall–Kier alpha value is -3.28. The number of nitrogens with zero attached hydrogens (tertiary/aromatic N) is 2. The van der Waals surface area contributed by atoms with Crippen molar-refractivity contribution in [3.63, 3.8) is 0 Å². The normalized spacial score (nSPS) is 12.2. The van der Waals surface area contributed by atoms with Gasteiger partial charge in [0.1, 0.15) is 11.3 Å². The molecular weight excluding hydrogens is 438 g/mol. The van der Waals surface area contributed by atoms with Gasteiger partial charge in [0.05, 0.1) is 15.8 Å². The van der Waals surface area contributed by atoms with Gasteiger partial charge in [-0.05, 0) is 46.7 Å². The molecule has 0 saturated heterocycles. The number of rotatable bonds is 5. The fraction of sp³-hybridized carbons (Fsp3) is 0.115. The maximum Gasteiger partial charge on any atom is 0.184 e. The van der Waals surface area contributed by atoms with E-state index >= 15 is 0 Å². The summed E-state index contributed by atoms with van der Waals surface area (Å²) in [6.45, 7) is 0. The predicted octanol–water partition coefficient (Wildman–Crippen LogP) is 7.08. The molecular formula is C26H22ClN3OS. The number of hydrogen-bond acceptors (Lipinski definition) is 5. The second kappa shape index (κ2) is 8.34. The van der Waals surface area contributed by atoms with E-state index in [0.717, 1.165) is 42.9 Å². The summed E-state index contributed by atoms with van der Waals surface area (Å²) in [6.07, 6.45) is 0. The van der Waals surface area contributed by atoms with Gasteiger partial charge in [-0.2, -0.15) is 0 Å². The van der Waals surface area contributed by atoms with Gasteiger partial charge in [-0.15, -0.1) is 0 Å². The van der Waals surface area contributed by atoms with E-state index in [-0.39, 0.29) is 11.8 Å². The molecule has 0 fully saturated rings. The third-order valence-corrected chi connectivity index (χ3v) is 6.87. The second-order valence-corrected chi connectivity index (χ2v) is 9.33. The Morgan fingerprint density at radius 1 is 0.938 bits per heavy atom.